The van der Waals surface area contributed by atoms with Crippen molar-refractivity contribution < 1.29 is 4.79 Å². The lowest BCUT2D eigenvalue weighted by molar-refractivity contribution is 0.0921. The van der Waals surface area contributed by atoms with Gasteiger partial charge in [0.25, 0.3) is 0 Å². The number of rotatable bonds is 5. The Balaban J connectivity index is 2.73. The molecule has 0 aliphatic rings. The van der Waals surface area contributed by atoms with Crippen LogP contribution in [0.5, 0.6) is 0 Å². The number of hydrogen-bond acceptors (Lipinski definition) is 2. The molecule has 0 saturated carbocycles. The summed E-state index contributed by atoms with van der Waals surface area (Å²) in [6.45, 7) is 15.0. The van der Waals surface area contributed by atoms with E-state index < -0.39 is 0 Å². The van der Waals surface area contributed by atoms with Gasteiger partial charge in [0, 0.05) is 11.1 Å². The van der Waals surface area contributed by atoms with E-state index in [1.54, 1.807) is 0 Å². The molecule has 0 amide bonds. The van der Waals surface area contributed by atoms with Crippen LogP contribution in [0.4, 0.5) is 0 Å². The monoisotopic (exact) mass is 275 g/mol. The summed E-state index contributed by atoms with van der Waals surface area (Å²) < 4.78 is 0. The molecule has 0 spiro atoms. The zero-order valence-corrected chi connectivity index (χ0v) is 14.0. The van der Waals surface area contributed by atoms with Crippen molar-refractivity contribution in [1.82, 2.24) is 5.32 Å². The Labute approximate surface area is 124 Å². The summed E-state index contributed by atoms with van der Waals surface area (Å²) in [6, 6.07) is 7.62. The molecule has 2 heteroatoms. The molecule has 1 aromatic rings. The molecule has 0 aromatic heterocycles. The first kappa shape index (κ1) is 16.9. The van der Waals surface area contributed by atoms with Crippen molar-refractivity contribution in [2.45, 2.75) is 66.5 Å². The molecule has 0 radical (unpaired) electrons. The number of nitrogens with one attached hydrogen (secondary N) is 1. The lowest BCUT2D eigenvalue weighted by atomic mass is 9.81. The lowest BCUT2D eigenvalue weighted by Gasteiger charge is -2.35. The molecule has 0 aliphatic heterocycles. The largest absolute Gasteiger partial charge is 0.302 e. The van der Waals surface area contributed by atoms with Crippen LogP contribution in [0, 0.1) is 12.3 Å². The van der Waals surface area contributed by atoms with Crippen LogP contribution in [0.25, 0.3) is 0 Å². The Kier molecular flexibility index (Phi) is 5.15. The molecule has 1 rings (SSSR count). The summed E-state index contributed by atoms with van der Waals surface area (Å²) in [7, 11) is 0. The minimum absolute atomic E-state index is 0.0575. The Hall–Kier alpha value is -1.15. The van der Waals surface area contributed by atoms with Crippen molar-refractivity contribution in [2.24, 2.45) is 5.41 Å². The fourth-order valence-corrected chi connectivity index (χ4v) is 3.00. The highest BCUT2D eigenvalue weighted by Crippen LogP contribution is 2.27. The van der Waals surface area contributed by atoms with Crippen LogP contribution in [0.15, 0.2) is 24.3 Å². The highest BCUT2D eigenvalue weighted by Gasteiger charge is 2.28. The first-order valence-corrected chi connectivity index (χ1v) is 7.39. The minimum Gasteiger partial charge on any atom is -0.302 e. The fraction of sp³-hybridized carbons (Fsp3) is 0.611. The molecule has 0 heterocycles. The second-order valence-corrected chi connectivity index (χ2v) is 7.72. The highest BCUT2D eigenvalue weighted by atomic mass is 16.1. The van der Waals surface area contributed by atoms with E-state index in [-0.39, 0.29) is 22.8 Å². The van der Waals surface area contributed by atoms with E-state index in [0.717, 1.165) is 12.0 Å². The predicted molar refractivity (Wildman–Crippen MR) is 86.3 cm³/mol. The van der Waals surface area contributed by atoms with Crippen molar-refractivity contribution >= 4 is 5.78 Å². The molecule has 20 heavy (non-hydrogen) atoms. The third-order valence-corrected chi connectivity index (χ3v) is 3.31. The predicted octanol–water partition coefficient (Wildman–Crippen LogP) is 4.37. The van der Waals surface area contributed by atoms with Gasteiger partial charge in [0.2, 0.25) is 0 Å². The number of aryl methyl sites for hydroxylation is 1. The van der Waals surface area contributed by atoms with Crippen LogP contribution in [-0.2, 0) is 0 Å². The fourth-order valence-electron chi connectivity index (χ4n) is 3.00. The third-order valence-electron chi connectivity index (χ3n) is 3.31. The van der Waals surface area contributed by atoms with Crippen LogP contribution in [0.3, 0.4) is 0 Å². The zero-order valence-electron chi connectivity index (χ0n) is 14.0. The summed E-state index contributed by atoms with van der Waals surface area (Å²) >= 11 is 0. The van der Waals surface area contributed by atoms with Gasteiger partial charge in [0.05, 0.1) is 6.04 Å². The normalized spacial score (nSPS) is 14.2. The number of hydrogen-bond donors (Lipinski definition) is 1. The number of Topliss-reactive ketones (excluding diaryl/α,β-unsaturated/α-hetero) is 1. The molecule has 2 nitrogen and oxygen atoms in total. The molecule has 0 fully saturated rings. The molecule has 1 atom stereocenters. The van der Waals surface area contributed by atoms with Crippen molar-refractivity contribution in [3.05, 3.63) is 35.4 Å². The molecule has 1 aromatic carbocycles. The van der Waals surface area contributed by atoms with Crippen LogP contribution < -0.4 is 5.32 Å². The number of carbonyl (C=O) groups is 1. The molecule has 0 bridgehead atoms. The van der Waals surface area contributed by atoms with Gasteiger partial charge in [-0.2, -0.15) is 0 Å². The lowest BCUT2D eigenvalue weighted by Crippen LogP contribution is -2.49. The number of ketones is 1. The Bertz CT molecular complexity index is 451. The third kappa shape index (κ3) is 5.46. The SMILES string of the molecule is Cc1ccc(C(=O)C(C)NC(C)(C)CC(C)(C)C)cc1. The minimum atomic E-state index is -0.171. The van der Waals surface area contributed by atoms with Gasteiger partial charge < -0.3 is 5.32 Å². The summed E-state index contributed by atoms with van der Waals surface area (Å²) in [5.74, 6) is 0.159. The Morgan fingerprint density at radius 2 is 1.60 bits per heavy atom. The van der Waals surface area contributed by atoms with Gasteiger partial charge in [-0.15, -0.1) is 0 Å². The van der Waals surface area contributed by atoms with Crippen molar-refractivity contribution in [1.29, 1.82) is 0 Å². The summed E-state index contributed by atoms with van der Waals surface area (Å²) in [6.07, 6.45) is 1.02. The average Bonchev–Trinajstić information content (AvgIpc) is 2.24. The van der Waals surface area contributed by atoms with Gasteiger partial charge in [-0.3, -0.25) is 4.79 Å². The van der Waals surface area contributed by atoms with E-state index >= 15 is 0 Å². The van der Waals surface area contributed by atoms with E-state index in [1.807, 2.05) is 38.1 Å². The van der Waals surface area contributed by atoms with Gasteiger partial charge in [-0.05, 0) is 39.5 Å². The van der Waals surface area contributed by atoms with E-state index in [2.05, 4.69) is 39.9 Å². The van der Waals surface area contributed by atoms with Gasteiger partial charge in [-0.25, -0.2) is 0 Å². The molecular weight excluding hydrogens is 246 g/mol. The molecule has 1 unspecified atom stereocenters. The summed E-state index contributed by atoms with van der Waals surface area (Å²) in [5.41, 5.74) is 2.14. The first-order valence-electron chi connectivity index (χ1n) is 7.39. The van der Waals surface area contributed by atoms with E-state index in [0.29, 0.717) is 0 Å². The van der Waals surface area contributed by atoms with Gasteiger partial charge in [0.1, 0.15) is 0 Å². The average molecular weight is 275 g/mol. The standard InChI is InChI=1S/C18H29NO/c1-13-8-10-15(11-9-13)16(20)14(2)19-18(6,7)12-17(3,4)5/h8-11,14,19H,12H2,1-7H3. The van der Waals surface area contributed by atoms with Crippen molar-refractivity contribution in [3.8, 4) is 0 Å². The summed E-state index contributed by atoms with van der Waals surface area (Å²) in [4.78, 5) is 12.4. The molecule has 0 aliphatic carbocycles. The maximum absolute atomic E-state index is 12.4. The molecular formula is C18H29NO. The highest BCUT2D eigenvalue weighted by molar-refractivity contribution is 5.99. The Morgan fingerprint density at radius 1 is 1.10 bits per heavy atom. The van der Waals surface area contributed by atoms with Crippen LogP contribution in [-0.4, -0.2) is 17.4 Å². The second kappa shape index (κ2) is 6.09. The molecule has 112 valence electrons. The number of carbonyl (C=O) groups excluding carboxylic acids is 1. The first-order chi connectivity index (χ1) is 9.00. The van der Waals surface area contributed by atoms with Gasteiger partial charge in [0.15, 0.2) is 5.78 Å². The topological polar surface area (TPSA) is 29.1 Å². The summed E-state index contributed by atoms with van der Waals surface area (Å²) in [5, 5.41) is 3.48. The second-order valence-electron chi connectivity index (χ2n) is 7.72. The smallest absolute Gasteiger partial charge is 0.179 e. The van der Waals surface area contributed by atoms with Gasteiger partial charge >= 0.3 is 0 Å². The zero-order chi connectivity index (χ0) is 15.6. The maximum atomic E-state index is 12.4. The van der Waals surface area contributed by atoms with Crippen LogP contribution in [0.2, 0.25) is 0 Å². The van der Waals surface area contributed by atoms with Crippen molar-refractivity contribution in [3.63, 3.8) is 0 Å². The van der Waals surface area contributed by atoms with E-state index in [1.165, 1.54) is 5.56 Å². The molecule has 1 N–H and O–H groups in total. The van der Waals surface area contributed by atoms with Crippen molar-refractivity contribution in [2.75, 3.05) is 0 Å². The number of benzene rings is 1. The van der Waals surface area contributed by atoms with E-state index in [9.17, 15) is 4.79 Å². The molecule has 0 saturated heterocycles. The quantitative estimate of drug-likeness (QED) is 0.808. The maximum Gasteiger partial charge on any atom is 0.179 e. The van der Waals surface area contributed by atoms with Crippen LogP contribution in [0.1, 0.15) is 63.9 Å². The Morgan fingerprint density at radius 3 is 2.05 bits per heavy atom. The van der Waals surface area contributed by atoms with Gasteiger partial charge in [-0.1, -0.05) is 50.6 Å². The van der Waals surface area contributed by atoms with Crippen LogP contribution >= 0.6 is 0 Å². The van der Waals surface area contributed by atoms with E-state index in [4.69, 9.17) is 0 Å².